The van der Waals surface area contributed by atoms with Crippen LogP contribution in [0.5, 0.6) is 0 Å². The number of nitrogens with zero attached hydrogens (tertiary/aromatic N) is 1. The summed E-state index contributed by atoms with van der Waals surface area (Å²) in [4.78, 5) is 28.2. The predicted molar refractivity (Wildman–Crippen MR) is 148 cm³/mol. The molecule has 0 bridgehead atoms. The molecular weight excluding hydrogens is 485 g/mol. The number of fused-ring (bicyclic) bond motifs is 1. The molecule has 2 atom stereocenters. The van der Waals surface area contributed by atoms with Crippen LogP contribution in [0.3, 0.4) is 0 Å². The molecule has 3 rings (SSSR count). The van der Waals surface area contributed by atoms with E-state index in [1.165, 1.54) is 6.07 Å². The van der Waals surface area contributed by atoms with E-state index in [0.29, 0.717) is 19.6 Å². The van der Waals surface area contributed by atoms with E-state index in [0.717, 1.165) is 29.8 Å². The average Bonchev–Trinajstić information content (AvgIpc) is 3.18. The summed E-state index contributed by atoms with van der Waals surface area (Å²) in [5, 5.41) is 5.88. The summed E-state index contributed by atoms with van der Waals surface area (Å²) >= 11 is 0. The Morgan fingerprint density at radius 2 is 1.74 bits per heavy atom. The van der Waals surface area contributed by atoms with Crippen molar-refractivity contribution in [3.63, 3.8) is 0 Å². The molecule has 1 heterocycles. The maximum atomic E-state index is 13.7. The topological polar surface area (TPSA) is 79.9 Å². The molecule has 0 aromatic heterocycles. The zero-order valence-corrected chi connectivity index (χ0v) is 23.5. The first kappa shape index (κ1) is 29.4. The molecule has 0 aliphatic carbocycles. The Bertz CT molecular complexity index is 1080. The van der Waals surface area contributed by atoms with Gasteiger partial charge in [-0.3, -0.25) is 4.79 Å². The minimum absolute atomic E-state index is 0.214. The van der Waals surface area contributed by atoms with Crippen molar-refractivity contribution >= 4 is 17.7 Å². The summed E-state index contributed by atoms with van der Waals surface area (Å²) in [5.41, 5.74) is 2.07. The highest BCUT2D eigenvalue weighted by molar-refractivity contribution is 5.86. The van der Waals surface area contributed by atoms with Crippen LogP contribution in [0.2, 0.25) is 0 Å². The molecule has 208 valence electrons. The fourth-order valence-corrected chi connectivity index (χ4v) is 4.50. The maximum absolute atomic E-state index is 13.7. The number of halogens is 1. The van der Waals surface area contributed by atoms with E-state index in [1.54, 1.807) is 32.9 Å². The first-order valence-electron chi connectivity index (χ1n) is 13.2. The van der Waals surface area contributed by atoms with Crippen molar-refractivity contribution in [2.75, 3.05) is 24.6 Å². The highest BCUT2D eigenvalue weighted by Crippen LogP contribution is 2.28. The van der Waals surface area contributed by atoms with Gasteiger partial charge in [0, 0.05) is 18.8 Å². The molecule has 7 nitrogen and oxygen atoms in total. The molecule has 1 aliphatic rings. The summed E-state index contributed by atoms with van der Waals surface area (Å²) in [6.45, 7) is 13.3. The Morgan fingerprint density at radius 3 is 2.39 bits per heavy atom. The van der Waals surface area contributed by atoms with Crippen molar-refractivity contribution in [3.8, 4) is 0 Å². The minimum atomic E-state index is -0.776. The average molecular weight is 528 g/mol. The first-order chi connectivity index (χ1) is 17.8. The number of ether oxygens (including phenoxy) is 2. The van der Waals surface area contributed by atoms with Crippen LogP contribution in [-0.4, -0.2) is 49.4 Å². The van der Waals surface area contributed by atoms with Crippen molar-refractivity contribution < 1.29 is 23.5 Å². The Morgan fingerprint density at radius 1 is 1.03 bits per heavy atom. The molecule has 38 heavy (non-hydrogen) atoms. The number of hydrogen-bond donors (Lipinski definition) is 2. The van der Waals surface area contributed by atoms with Gasteiger partial charge in [-0.25, -0.2) is 9.18 Å². The number of nitrogens with one attached hydrogen (secondary N) is 2. The largest absolute Gasteiger partial charge is 0.444 e. The van der Waals surface area contributed by atoms with Gasteiger partial charge in [0.25, 0.3) is 0 Å². The normalized spacial score (nSPS) is 15.0. The molecule has 0 saturated carbocycles. The smallest absolute Gasteiger partial charge is 0.408 e. The van der Waals surface area contributed by atoms with Crippen molar-refractivity contribution in [3.05, 3.63) is 65.5 Å². The summed E-state index contributed by atoms with van der Waals surface area (Å²) in [6.07, 6.45) is 0.543. The second-order valence-electron chi connectivity index (χ2n) is 12.1. The molecule has 0 saturated heterocycles. The lowest BCUT2D eigenvalue weighted by Crippen LogP contribution is -2.54. The van der Waals surface area contributed by atoms with E-state index in [4.69, 9.17) is 9.47 Å². The van der Waals surface area contributed by atoms with E-state index in [9.17, 15) is 14.0 Å². The predicted octanol–water partition coefficient (Wildman–Crippen LogP) is 5.22. The third kappa shape index (κ3) is 9.63. The van der Waals surface area contributed by atoms with Crippen LogP contribution < -0.4 is 15.5 Å². The van der Waals surface area contributed by atoms with Gasteiger partial charge in [0.1, 0.15) is 17.5 Å². The number of hydrogen-bond acceptors (Lipinski definition) is 5. The molecule has 8 heteroatoms. The zero-order valence-electron chi connectivity index (χ0n) is 23.5. The van der Waals surface area contributed by atoms with Gasteiger partial charge in [-0.1, -0.05) is 51.1 Å². The van der Waals surface area contributed by atoms with E-state index in [2.05, 4.69) is 15.5 Å². The molecule has 0 fully saturated rings. The number of anilines is 1. The Hall–Kier alpha value is -3.13. The second-order valence-corrected chi connectivity index (χ2v) is 12.1. The van der Waals surface area contributed by atoms with Crippen molar-refractivity contribution in [2.45, 2.75) is 78.7 Å². The van der Waals surface area contributed by atoms with E-state index in [-0.39, 0.29) is 29.8 Å². The van der Waals surface area contributed by atoms with Crippen LogP contribution in [0, 0.1) is 11.2 Å². The monoisotopic (exact) mass is 527 g/mol. The number of amides is 2. The third-order valence-electron chi connectivity index (χ3n) is 6.07. The molecule has 0 spiro atoms. The third-order valence-corrected chi connectivity index (χ3v) is 6.07. The van der Waals surface area contributed by atoms with Crippen molar-refractivity contribution in [2.24, 2.45) is 5.41 Å². The fraction of sp³-hybridized carbons (Fsp3) is 0.533. The lowest BCUT2D eigenvalue weighted by atomic mass is 9.87. The molecule has 0 unspecified atom stereocenters. The van der Waals surface area contributed by atoms with Crippen LogP contribution >= 0.6 is 0 Å². The van der Waals surface area contributed by atoms with Gasteiger partial charge in [0.15, 0.2) is 0 Å². The second kappa shape index (κ2) is 12.6. The van der Waals surface area contributed by atoms with Gasteiger partial charge >= 0.3 is 6.09 Å². The summed E-state index contributed by atoms with van der Waals surface area (Å²) < 4.78 is 25.2. The van der Waals surface area contributed by atoms with Gasteiger partial charge in [-0.05, 0) is 68.4 Å². The van der Waals surface area contributed by atoms with Crippen LogP contribution in [-0.2, 0) is 27.3 Å². The molecule has 0 radical (unpaired) electrons. The first-order valence-corrected chi connectivity index (χ1v) is 13.2. The maximum Gasteiger partial charge on any atom is 0.408 e. The van der Waals surface area contributed by atoms with E-state index in [1.807, 2.05) is 51.1 Å². The SMILES string of the molecule is CC(C)(C)C[C@H](NC(=O)OC(C)(C)C)C(=O)N[C@@H](COCc1ccccc1)CN1CCc2cc(F)ccc21. The number of carbonyl (C=O) groups excluding carboxylic acids is 2. The molecule has 2 amide bonds. The number of benzene rings is 2. The van der Waals surface area contributed by atoms with Crippen LogP contribution in [0.4, 0.5) is 14.9 Å². The van der Waals surface area contributed by atoms with Crippen molar-refractivity contribution in [1.29, 1.82) is 0 Å². The Kier molecular flexibility index (Phi) is 9.77. The zero-order chi connectivity index (χ0) is 27.9. The van der Waals surface area contributed by atoms with Gasteiger partial charge in [0.05, 0.1) is 19.3 Å². The molecule has 1 aliphatic heterocycles. The number of carbonyl (C=O) groups is 2. The molecule has 2 aromatic rings. The Labute approximate surface area is 226 Å². The van der Waals surface area contributed by atoms with Crippen LogP contribution in [0.1, 0.15) is 59.1 Å². The summed E-state index contributed by atoms with van der Waals surface area (Å²) in [5.74, 6) is -0.544. The highest BCUT2D eigenvalue weighted by Gasteiger charge is 2.31. The highest BCUT2D eigenvalue weighted by atomic mass is 19.1. The number of rotatable bonds is 10. The quantitative estimate of drug-likeness (QED) is 0.443. The Balaban J connectivity index is 1.73. The lowest BCUT2D eigenvalue weighted by Gasteiger charge is -2.31. The van der Waals surface area contributed by atoms with E-state index < -0.39 is 17.7 Å². The van der Waals surface area contributed by atoms with Gasteiger partial charge in [-0.2, -0.15) is 0 Å². The van der Waals surface area contributed by atoms with Gasteiger partial charge in [0.2, 0.25) is 5.91 Å². The van der Waals surface area contributed by atoms with Crippen LogP contribution in [0.25, 0.3) is 0 Å². The summed E-state index contributed by atoms with van der Waals surface area (Å²) in [6, 6.07) is 13.5. The van der Waals surface area contributed by atoms with Gasteiger partial charge in [-0.15, -0.1) is 0 Å². The van der Waals surface area contributed by atoms with E-state index >= 15 is 0 Å². The van der Waals surface area contributed by atoms with Gasteiger partial charge < -0.3 is 25.0 Å². The van der Waals surface area contributed by atoms with Crippen molar-refractivity contribution in [1.82, 2.24) is 10.6 Å². The van der Waals surface area contributed by atoms with Crippen LogP contribution in [0.15, 0.2) is 48.5 Å². The molecular formula is C30H42FN3O4. The molecule has 2 N–H and O–H groups in total. The summed E-state index contributed by atoms with van der Waals surface area (Å²) in [7, 11) is 0. The number of alkyl carbamates (subject to hydrolysis) is 1. The molecule has 2 aromatic carbocycles. The minimum Gasteiger partial charge on any atom is -0.444 e. The fourth-order valence-electron chi connectivity index (χ4n) is 4.50. The lowest BCUT2D eigenvalue weighted by molar-refractivity contribution is -0.125. The standard InChI is InChI=1S/C30H42FN3O4/c1-29(2,3)17-25(33-28(36)38-30(4,5)6)27(35)32-24(20-37-19-21-10-8-7-9-11-21)18-34-15-14-22-16-23(31)12-13-26(22)34/h7-13,16,24-25H,14-15,17-20H2,1-6H3,(H,32,35)(H,33,36)/t24-,25+/m1/s1.